The Labute approximate surface area is 126 Å². The Morgan fingerprint density at radius 3 is 2.52 bits per heavy atom. The van der Waals surface area contributed by atoms with Crippen LogP contribution in [-0.4, -0.2) is 17.2 Å². The number of nitrogens with zero attached hydrogens (tertiary/aromatic N) is 2. The lowest BCUT2D eigenvalue weighted by Gasteiger charge is -2.22. The molecule has 1 unspecified atom stereocenters. The lowest BCUT2D eigenvalue weighted by atomic mass is 9.83. The van der Waals surface area contributed by atoms with Gasteiger partial charge in [0.15, 0.2) is 0 Å². The third kappa shape index (κ3) is 2.60. The summed E-state index contributed by atoms with van der Waals surface area (Å²) in [5, 5.41) is 12.0. The van der Waals surface area contributed by atoms with Gasteiger partial charge in [0.2, 0.25) is 11.8 Å². The highest BCUT2D eigenvalue weighted by Crippen LogP contribution is 2.43. The molecule has 1 heterocycles. The monoisotopic (exact) mass is 285 g/mol. The average Bonchev–Trinajstić information content (AvgIpc) is 3.19. The molecule has 1 aromatic carbocycles. The van der Waals surface area contributed by atoms with E-state index in [1.807, 2.05) is 25.2 Å². The van der Waals surface area contributed by atoms with Gasteiger partial charge in [-0.2, -0.15) is 0 Å². The maximum Gasteiger partial charge on any atom is 0.237 e. The molecular weight excluding hydrogens is 262 g/mol. The van der Waals surface area contributed by atoms with Crippen molar-refractivity contribution >= 4 is 0 Å². The highest BCUT2D eigenvalue weighted by molar-refractivity contribution is 5.23. The quantitative estimate of drug-likeness (QED) is 0.912. The predicted molar refractivity (Wildman–Crippen MR) is 82.1 cm³/mol. The molecule has 0 radical (unpaired) electrons. The summed E-state index contributed by atoms with van der Waals surface area (Å²) >= 11 is 0. The molecular formula is C17H23N3O. The van der Waals surface area contributed by atoms with Crippen LogP contribution in [0.4, 0.5) is 0 Å². The van der Waals surface area contributed by atoms with E-state index in [9.17, 15) is 0 Å². The van der Waals surface area contributed by atoms with Crippen LogP contribution in [0, 0.1) is 0 Å². The van der Waals surface area contributed by atoms with Gasteiger partial charge in [-0.1, -0.05) is 50.1 Å². The molecule has 21 heavy (non-hydrogen) atoms. The predicted octanol–water partition coefficient (Wildman–Crippen LogP) is 3.60. The maximum atomic E-state index is 6.08. The minimum atomic E-state index is -0.0391. The summed E-state index contributed by atoms with van der Waals surface area (Å²) in [6.07, 6.45) is 5.94. The molecule has 112 valence electrons. The van der Waals surface area contributed by atoms with Gasteiger partial charge in [0.25, 0.3) is 0 Å². The number of hydrogen-bond donors (Lipinski definition) is 1. The lowest BCUT2D eigenvalue weighted by molar-refractivity contribution is 0.298. The summed E-state index contributed by atoms with van der Waals surface area (Å²) in [7, 11) is 1.92. The molecule has 4 nitrogen and oxygen atoms in total. The summed E-state index contributed by atoms with van der Waals surface area (Å²) in [6, 6.07) is 10.2. The molecule has 0 aliphatic heterocycles. The molecule has 0 bridgehead atoms. The average molecular weight is 285 g/mol. The van der Waals surface area contributed by atoms with Crippen LogP contribution >= 0.6 is 0 Å². The van der Waals surface area contributed by atoms with E-state index in [1.54, 1.807) is 0 Å². The van der Waals surface area contributed by atoms with Crippen LogP contribution in [0.25, 0.3) is 0 Å². The molecule has 1 fully saturated rings. The summed E-state index contributed by atoms with van der Waals surface area (Å²) in [6.45, 7) is 2.22. The molecule has 1 aliphatic carbocycles. The Hall–Kier alpha value is -1.68. The van der Waals surface area contributed by atoms with Crippen molar-refractivity contribution in [1.29, 1.82) is 0 Å². The maximum absolute atomic E-state index is 6.08. The van der Waals surface area contributed by atoms with Crippen molar-refractivity contribution < 1.29 is 4.42 Å². The second kappa shape index (κ2) is 5.98. The van der Waals surface area contributed by atoms with Gasteiger partial charge < -0.3 is 9.73 Å². The zero-order valence-corrected chi connectivity index (χ0v) is 12.8. The van der Waals surface area contributed by atoms with Gasteiger partial charge in [-0.3, -0.25) is 0 Å². The Kier molecular flexibility index (Phi) is 4.06. The van der Waals surface area contributed by atoms with Crippen molar-refractivity contribution in [3.8, 4) is 0 Å². The first-order chi connectivity index (χ1) is 10.3. The third-order valence-electron chi connectivity index (χ3n) is 4.80. The first kappa shape index (κ1) is 14.3. The van der Waals surface area contributed by atoms with Gasteiger partial charge >= 0.3 is 0 Å². The van der Waals surface area contributed by atoms with Gasteiger partial charge in [0.05, 0.1) is 0 Å². The van der Waals surface area contributed by atoms with E-state index in [1.165, 1.54) is 25.7 Å². The molecule has 0 amide bonds. The molecule has 1 aliphatic rings. The van der Waals surface area contributed by atoms with E-state index >= 15 is 0 Å². The van der Waals surface area contributed by atoms with Crippen LogP contribution in [0.5, 0.6) is 0 Å². The van der Waals surface area contributed by atoms with Crippen LogP contribution in [0.3, 0.4) is 0 Å². The first-order valence-corrected chi connectivity index (χ1v) is 7.85. The van der Waals surface area contributed by atoms with Crippen molar-refractivity contribution in [2.45, 2.75) is 50.5 Å². The number of aromatic nitrogens is 2. The molecule has 0 saturated heterocycles. The van der Waals surface area contributed by atoms with E-state index < -0.39 is 0 Å². The van der Waals surface area contributed by atoms with E-state index in [0.717, 1.165) is 17.9 Å². The molecule has 4 heteroatoms. The summed E-state index contributed by atoms with van der Waals surface area (Å²) in [4.78, 5) is 0. The zero-order chi connectivity index (χ0) is 14.7. The van der Waals surface area contributed by atoms with Crippen LogP contribution in [-0.2, 0) is 5.41 Å². The number of nitrogens with one attached hydrogen (secondary N) is 1. The largest absolute Gasteiger partial charge is 0.423 e. The van der Waals surface area contributed by atoms with Crippen LogP contribution in [0.1, 0.15) is 62.4 Å². The van der Waals surface area contributed by atoms with Crippen molar-refractivity contribution in [1.82, 2.24) is 15.5 Å². The molecule has 1 saturated carbocycles. The third-order valence-corrected chi connectivity index (χ3v) is 4.80. The fourth-order valence-electron chi connectivity index (χ4n) is 3.41. The van der Waals surface area contributed by atoms with Crippen LogP contribution in [0.15, 0.2) is 34.7 Å². The Morgan fingerprint density at radius 2 is 1.90 bits per heavy atom. The summed E-state index contributed by atoms with van der Waals surface area (Å²) in [5.74, 6) is 1.49. The lowest BCUT2D eigenvalue weighted by Crippen LogP contribution is -2.21. The Balaban J connectivity index is 1.90. The van der Waals surface area contributed by atoms with Crippen LogP contribution in [0.2, 0.25) is 0 Å². The molecule has 1 aromatic heterocycles. The number of rotatable bonds is 5. The Bertz CT molecular complexity index is 573. The zero-order valence-electron chi connectivity index (χ0n) is 12.8. The van der Waals surface area contributed by atoms with Crippen molar-refractivity contribution in [2.24, 2.45) is 0 Å². The topological polar surface area (TPSA) is 51.0 Å². The fourth-order valence-corrected chi connectivity index (χ4v) is 3.41. The molecule has 1 atom stereocenters. The van der Waals surface area contributed by atoms with Crippen molar-refractivity contribution in [3.05, 3.63) is 47.7 Å². The minimum Gasteiger partial charge on any atom is -0.423 e. The van der Waals surface area contributed by atoms with Gasteiger partial charge in [-0.05, 0) is 31.9 Å². The fraction of sp³-hybridized carbons (Fsp3) is 0.529. The Morgan fingerprint density at radius 1 is 1.19 bits per heavy atom. The van der Waals surface area contributed by atoms with E-state index in [4.69, 9.17) is 4.42 Å². The van der Waals surface area contributed by atoms with Gasteiger partial charge in [0, 0.05) is 5.41 Å². The van der Waals surface area contributed by atoms with Crippen molar-refractivity contribution in [3.63, 3.8) is 0 Å². The summed E-state index contributed by atoms with van der Waals surface area (Å²) < 4.78 is 6.08. The van der Waals surface area contributed by atoms with Gasteiger partial charge in [-0.25, -0.2) is 0 Å². The number of hydrogen-bond acceptors (Lipinski definition) is 4. The van der Waals surface area contributed by atoms with Gasteiger partial charge in [-0.15, -0.1) is 10.2 Å². The number of benzene rings is 1. The second-order valence-electron chi connectivity index (χ2n) is 5.92. The minimum absolute atomic E-state index is 0.0391. The van der Waals surface area contributed by atoms with Crippen LogP contribution < -0.4 is 5.32 Å². The second-order valence-corrected chi connectivity index (χ2v) is 5.92. The van der Waals surface area contributed by atoms with Crippen molar-refractivity contribution in [2.75, 3.05) is 7.05 Å². The van der Waals surface area contributed by atoms with E-state index in [0.29, 0.717) is 5.89 Å². The normalized spacial score (nSPS) is 18.8. The first-order valence-electron chi connectivity index (χ1n) is 7.85. The standard InChI is InChI=1S/C17H23N3O/c1-3-17(11-7-8-12-17)16-20-19-15(21-16)14(18-2)13-9-5-4-6-10-13/h4-6,9-10,14,18H,3,7-8,11-12H2,1-2H3. The molecule has 0 spiro atoms. The highest BCUT2D eigenvalue weighted by atomic mass is 16.4. The van der Waals surface area contributed by atoms with Gasteiger partial charge in [0.1, 0.15) is 6.04 Å². The smallest absolute Gasteiger partial charge is 0.237 e. The molecule has 2 aromatic rings. The van der Waals surface area contributed by atoms with E-state index in [2.05, 4.69) is 34.6 Å². The van der Waals surface area contributed by atoms with E-state index in [-0.39, 0.29) is 11.5 Å². The summed E-state index contributed by atoms with van der Waals surface area (Å²) in [5.41, 5.74) is 1.26. The molecule has 1 N–H and O–H groups in total. The molecule has 3 rings (SSSR count). The SMILES string of the molecule is CCC1(c2nnc(C(NC)c3ccccc3)o2)CCCC1. The highest BCUT2D eigenvalue weighted by Gasteiger charge is 2.39.